The summed E-state index contributed by atoms with van der Waals surface area (Å²) in [4.78, 5) is 5.94. The maximum Gasteiger partial charge on any atom is 0.432 e. The van der Waals surface area contributed by atoms with Crippen molar-refractivity contribution in [3.8, 4) is 17.1 Å². The third-order valence-electron chi connectivity index (χ3n) is 2.86. The SMILES string of the molecule is CCOC(C)Oc1ccc(-c2ncc(C(F)(F)F)[nH]2)cc1N. The highest BCUT2D eigenvalue weighted by atomic mass is 19.4. The van der Waals surface area contributed by atoms with Crippen molar-refractivity contribution >= 4 is 5.69 Å². The van der Waals surface area contributed by atoms with E-state index >= 15 is 0 Å². The van der Waals surface area contributed by atoms with E-state index in [-0.39, 0.29) is 11.5 Å². The summed E-state index contributed by atoms with van der Waals surface area (Å²) >= 11 is 0. The third kappa shape index (κ3) is 3.70. The van der Waals surface area contributed by atoms with Crippen LogP contribution in [0.25, 0.3) is 11.4 Å². The number of H-pyrrole nitrogens is 1. The van der Waals surface area contributed by atoms with E-state index in [2.05, 4.69) is 9.97 Å². The minimum Gasteiger partial charge on any atom is -0.463 e. The van der Waals surface area contributed by atoms with Crippen LogP contribution < -0.4 is 10.5 Å². The molecule has 8 heteroatoms. The van der Waals surface area contributed by atoms with Crippen molar-refractivity contribution in [2.75, 3.05) is 12.3 Å². The van der Waals surface area contributed by atoms with Crippen LogP contribution in [0.4, 0.5) is 18.9 Å². The number of halogens is 3. The lowest BCUT2D eigenvalue weighted by Crippen LogP contribution is -2.16. The summed E-state index contributed by atoms with van der Waals surface area (Å²) in [6, 6.07) is 4.63. The molecule has 0 aliphatic carbocycles. The van der Waals surface area contributed by atoms with Crippen LogP contribution in [-0.2, 0) is 10.9 Å². The molecule has 1 heterocycles. The van der Waals surface area contributed by atoms with Gasteiger partial charge in [-0.05, 0) is 32.0 Å². The minimum absolute atomic E-state index is 0.0865. The van der Waals surface area contributed by atoms with Gasteiger partial charge < -0.3 is 20.2 Å². The third-order valence-corrected chi connectivity index (χ3v) is 2.86. The zero-order valence-electron chi connectivity index (χ0n) is 12.1. The predicted octanol–water partition coefficient (Wildman–Crippen LogP) is 3.44. The van der Waals surface area contributed by atoms with Gasteiger partial charge in [-0.2, -0.15) is 13.2 Å². The van der Waals surface area contributed by atoms with E-state index in [0.29, 0.717) is 17.9 Å². The van der Waals surface area contributed by atoms with Gasteiger partial charge in [-0.25, -0.2) is 4.98 Å². The molecule has 0 aliphatic rings. The molecule has 120 valence electrons. The molecule has 2 rings (SSSR count). The van der Waals surface area contributed by atoms with Crippen LogP contribution in [0.5, 0.6) is 5.75 Å². The highest BCUT2D eigenvalue weighted by Crippen LogP contribution is 2.31. The van der Waals surface area contributed by atoms with Gasteiger partial charge in [-0.3, -0.25) is 0 Å². The molecule has 3 N–H and O–H groups in total. The van der Waals surface area contributed by atoms with Gasteiger partial charge in [0.05, 0.1) is 11.9 Å². The zero-order chi connectivity index (χ0) is 16.3. The number of nitrogens with zero attached hydrogens (tertiary/aromatic N) is 1. The average Bonchev–Trinajstić information content (AvgIpc) is 2.91. The van der Waals surface area contributed by atoms with Crippen molar-refractivity contribution in [1.29, 1.82) is 0 Å². The number of aromatic nitrogens is 2. The number of ether oxygens (including phenoxy) is 2. The highest BCUT2D eigenvalue weighted by Gasteiger charge is 2.33. The van der Waals surface area contributed by atoms with Gasteiger partial charge in [0, 0.05) is 12.2 Å². The Bertz CT molecular complexity index is 641. The van der Waals surface area contributed by atoms with Crippen LogP contribution in [0.2, 0.25) is 0 Å². The second-order valence-electron chi connectivity index (χ2n) is 4.54. The number of anilines is 1. The molecule has 0 fully saturated rings. The van der Waals surface area contributed by atoms with Crippen LogP contribution in [0.15, 0.2) is 24.4 Å². The Morgan fingerprint density at radius 2 is 2.09 bits per heavy atom. The Kier molecular flexibility index (Phi) is 4.60. The molecule has 1 aromatic carbocycles. The van der Waals surface area contributed by atoms with E-state index in [0.717, 1.165) is 6.20 Å². The summed E-state index contributed by atoms with van der Waals surface area (Å²) in [6.07, 6.45) is -4.20. The van der Waals surface area contributed by atoms with Gasteiger partial charge in [0.2, 0.25) is 0 Å². The average molecular weight is 315 g/mol. The first-order valence-electron chi connectivity index (χ1n) is 6.61. The lowest BCUT2D eigenvalue weighted by molar-refractivity contribution is -0.140. The fraction of sp³-hybridized carbons (Fsp3) is 0.357. The predicted molar refractivity (Wildman–Crippen MR) is 75.2 cm³/mol. The van der Waals surface area contributed by atoms with E-state index < -0.39 is 18.2 Å². The fourth-order valence-corrected chi connectivity index (χ4v) is 1.86. The minimum atomic E-state index is -4.47. The monoisotopic (exact) mass is 315 g/mol. The van der Waals surface area contributed by atoms with Gasteiger partial charge in [-0.15, -0.1) is 0 Å². The second-order valence-corrected chi connectivity index (χ2v) is 4.54. The number of hydrogen-bond donors (Lipinski definition) is 2. The van der Waals surface area contributed by atoms with Gasteiger partial charge >= 0.3 is 6.18 Å². The van der Waals surface area contributed by atoms with Crippen molar-refractivity contribution in [2.24, 2.45) is 0 Å². The van der Waals surface area contributed by atoms with Crippen molar-refractivity contribution < 1.29 is 22.6 Å². The van der Waals surface area contributed by atoms with Crippen LogP contribution in [-0.4, -0.2) is 22.9 Å². The highest BCUT2D eigenvalue weighted by molar-refractivity contribution is 5.66. The van der Waals surface area contributed by atoms with Crippen molar-refractivity contribution in [3.63, 3.8) is 0 Å². The number of nitrogens with two attached hydrogens (primary N) is 1. The molecule has 0 spiro atoms. The van der Waals surface area contributed by atoms with Crippen LogP contribution in [0.1, 0.15) is 19.5 Å². The van der Waals surface area contributed by atoms with Gasteiger partial charge in [0.15, 0.2) is 6.29 Å². The lowest BCUT2D eigenvalue weighted by Gasteiger charge is -2.16. The molecule has 0 amide bonds. The number of benzene rings is 1. The molecule has 0 saturated carbocycles. The Labute approximate surface area is 125 Å². The zero-order valence-corrected chi connectivity index (χ0v) is 12.1. The topological polar surface area (TPSA) is 73.2 Å². The van der Waals surface area contributed by atoms with Gasteiger partial charge in [-0.1, -0.05) is 0 Å². The molecule has 0 saturated heterocycles. The molecule has 0 bridgehead atoms. The molecule has 1 aromatic heterocycles. The Morgan fingerprint density at radius 1 is 1.36 bits per heavy atom. The standard InChI is InChI=1S/C14H16F3N3O2/c1-3-21-8(2)22-11-5-4-9(6-10(11)18)13-19-7-12(20-13)14(15,16)17/h4-8H,3,18H2,1-2H3,(H,19,20). The maximum atomic E-state index is 12.5. The maximum absolute atomic E-state index is 12.5. The Hall–Kier alpha value is -2.22. The first-order valence-corrected chi connectivity index (χ1v) is 6.61. The van der Waals surface area contributed by atoms with E-state index in [4.69, 9.17) is 15.2 Å². The molecule has 1 unspecified atom stereocenters. The second kappa shape index (κ2) is 6.27. The molecule has 22 heavy (non-hydrogen) atoms. The number of alkyl halides is 3. The van der Waals surface area contributed by atoms with Gasteiger partial charge in [0.25, 0.3) is 0 Å². The lowest BCUT2D eigenvalue weighted by atomic mass is 10.2. The number of imidazole rings is 1. The molecule has 2 aromatic rings. The molecular weight excluding hydrogens is 299 g/mol. The smallest absolute Gasteiger partial charge is 0.432 e. The Morgan fingerprint density at radius 3 is 2.64 bits per heavy atom. The summed E-state index contributed by atoms with van der Waals surface area (Å²) in [6.45, 7) is 4.05. The number of hydrogen-bond acceptors (Lipinski definition) is 4. The summed E-state index contributed by atoms with van der Waals surface area (Å²) in [5.41, 5.74) is 5.66. The van der Waals surface area contributed by atoms with Crippen LogP contribution in [0, 0.1) is 0 Å². The number of nitrogens with one attached hydrogen (secondary N) is 1. The van der Waals surface area contributed by atoms with E-state index in [1.165, 1.54) is 6.07 Å². The number of rotatable bonds is 5. The summed E-state index contributed by atoms with van der Waals surface area (Å²) < 4.78 is 48.4. The van der Waals surface area contributed by atoms with E-state index in [1.54, 1.807) is 19.1 Å². The summed E-state index contributed by atoms with van der Waals surface area (Å²) in [5.74, 6) is 0.482. The van der Waals surface area contributed by atoms with Crippen molar-refractivity contribution in [2.45, 2.75) is 26.3 Å². The van der Waals surface area contributed by atoms with Crippen molar-refractivity contribution in [1.82, 2.24) is 9.97 Å². The summed E-state index contributed by atoms with van der Waals surface area (Å²) in [5, 5.41) is 0. The van der Waals surface area contributed by atoms with E-state index in [9.17, 15) is 13.2 Å². The number of aromatic amines is 1. The number of nitrogen functional groups attached to an aromatic ring is 1. The Balaban J connectivity index is 2.20. The molecular formula is C14H16F3N3O2. The first-order chi connectivity index (χ1) is 10.3. The van der Waals surface area contributed by atoms with Gasteiger partial charge in [0.1, 0.15) is 17.3 Å². The van der Waals surface area contributed by atoms with Crippen LogP contribution in [0.3, 0.4) is 0 Å². The molecule has 0 radical (unpaired) electrons. The normalized spacial score (nSPS) is 13.1. The molecule has 1 atom stereocenters. The first kappa shape index (κ1) is 16.2. The molecule has 0 aliphatic heterocycles. The quantitative estimate of drug-likeness (QED) is 0.655. The summed E-state index contributed by atoms with van der Waals surface area (Å²) in [7, 11) is 0. The fourth-order valence-electron chi connectivity index (χ4n) is 1.86. The van der Waals surface area contributed by atoms with Crippen LogP contribution >= 0.6 is 0 Å². The van der Waals surface area contributed by atoms with E-state index in [1.807, 2.05) is 6.92 Å². The molecule has 5 nitrogen and oxygen atoms in total. The largest absolute Gasteiger partial charge is 0.463 e. The van der Waals surface area contributed by atoms with Crippen molar-refractivity contribution in [3.05, 3.63) is 30.1 Å².